The van der Waals surface area contributed by atoms with Crippen molar-refractivity contribution in [2.24, 2.45) is 4.99 Å². The molecule has 32 heavy (non-hydrogen) atoms. The second-order valence-electron chi connectivity index (χ2n) is 8.08. The number of methoxy groups -OCH3 is 1. The van der Waals surface area contributed by atoms with Crippen molar-refractivity contribution < 1.29 is 23.7 Å². The van der Waals surface area contributed by atoms with Crippen LogP contribution in [0.5, 0.6) is 11.5 Å². The fraction of sp³-hybridized carbons (Fsp3) is 0.708. The van der Waals surface area contributed by atoms with Gasteiger partial charge in [-0.15, -0.1) is 0 Å². The van der Waals surface area contributed by atoms with Gasteiger partial charge in [0.2, 0.25) is 0 Å². The predicted molar refractivity (Wildman–Crippen MR) is 126 cm³/mol. The van der Waals surface area contributed by atoms with E-state index in [-0.39, 0.29) is 0 Å². The molecule has 1 fully saturated rings. The highest BCUT2D eigenvalue weighted by atomic mass is 16.5. The van der Waals surface area contributed by atoms with Crippen LogP contribution >= 0.6 is 0 Å². The molecule has 0 atom stereocenters. The molecule has 8 heteroatoms. The molecule has 0 saturated heterocycles. The third-order valence-corrected chi connectivity index (χ3v) is 5.46. The first-order valence-corrected chi connectivity index (χ1v) is 12.0. The molecular formula is C24H39N3O5. The number of rotatable bonds is 12. The summed E-state index contributed by atoms with van der Waals surface area (Å²) in [4.78, 5) is 4.73. The molecule has 1 heterocycles. The molecule has 0 aromatic heterocycles. The number of ether oxygens (including phenoxy) is 5. The standard InChI is InChI=1S/C24H39N3O5/c1-28-17-18-29-16-12-26-24(25-11-5-13-30-21-7-3-2-4-8-21)27-20-9-10-22-23(19-20)32-15-6-14-31-22/h9-10,19,21H,2-8,11-18H2,1H3,(H2,25,26,27). The summed E-state index contributed by atoms with van der Waals surface area (Å²) in [7, 11) is 1.67. The summed E-state index contributed by atoms with van der Waals surface area (Å²) in [6.45, 7) is 5.20. The number of anilines is 1. The SMILES string of the molecule is COCCOCCNC(=NCCCOC1CCCCC1)Nc1ccc2c(c1)OCCCO2. The third-order valence-electron chi connectivity index (χ3n) is 5.46. The van der Waals surface area contributed by atoms with Gasteiger partial charge in [-0.1, -0.05) is 19.3 Å². The van der Waals surface area contributed by atoms with E-state index in [1.54, 1.807) is 7.11 Å². The summed E-state index contributed by atoms with van der Waals surface area (Å²) in [5.41, 5.74) is 0.902. The molecule has 180 valence electrons. The molecule has 8 nitrogen and oxygen atoms in total. The number of nitrogens with one attached hydrogen (secondary N) is 2. The van der Waals surface area contributed by atoms with E-state index in [2.05, 4.69) is 10.6 Å². The van der Waals surface area contributed by atoms with E-state index in [1.165, 1.54) is 32.1 Å². The Morgan fingerprint density at radius 1 is 1.00 bits per heavy atom. The molecule has 1 aromatic carbocycles. The van der Waals surface area contributed by atoms with Crippen molar-refractivity contribution in [3.8, 4) is 11.5 Å². The Balaban J connectivity index is 1.48. The summed E-state index contributed by atoms with van der Waals surface area (Å²) < 4.78 is 28.1. The Bertz CT molecular complexity index is 680. The molecule has 1 aliphatic heterocycles. The van der Waals surface area contributed by atoms with Gasteiger partial charge in [0.1, 0.15) is 0 Å². The molecule has 0 bridgehead atoms. The van der Waals surface area contributed by atoms with Gasteiger partial charge in [0.25, 0.3) is 0 Å². The fourth-order valence-electron chi connectivity index (χ4n) is 3.74. The zero-order valence-electron chi connectivity index (χ0n) is 19.4. The van der Waals surface area contributed by atoms with E-state index >= 15 is 0 Å². The van der Waals surface area contributed by atoms with Crippen molar-refractivity contribution >= 4 is 11.6 Å². The minimum Gasteiger partial charge on any atom is -0.490 e. The molecule has 2 N–H and O–H groups in total. The first kappa shape index (κ1) is 24.6. The quantitative estimate of drug-likeness (QED) is 0.287. The number of benzene rings is 1. The molecule has 1 aliphatic carbocycles. The second-order valence-corrected chi connectivity index (χ2v) is 8.08. The number of hydrogen-bond acceptors (Lipinski definition) is 6. The van der Waals surface area contributed by atoms with Crippen molar-refractivity contribution in [1.82, 2.24) is 5.32 Å². The molecule has 0 spiro atoms. The lowest BCUT2D eigenvalue weighted by atomic mass is 9.98. The molecule has 1 saturated carbocycles. The summed E-state index contributed by atoms with van der Waals surface area (Å²) in [5, 5.41) is 6.71. The molecule has 2 aliphatic rings. The van der Waals surface area contributed by atoms with E-state index < -0.39 is 0 Å². The molecule has 0 radical (unpaired) electrons. The number of fused-ring (bicyclic) bond motifs is 1. The van der Waals surface area contributed by atoms with Crippen molar-refractivity contribution in [3.05, 3.63) is 18.2 Å². The molecule has 1 aromatic rings. The molecule has 0 amide bonds. The Labute approximate surface area is 192 Å². The number of hydrogen-bond donors (Lipinski definition) is 2. The normalized spacial score (nSPS) is 17.1. The average Bonchev–Trinajstić information content (AvgIpc) is 3.06. The maximum Gasteiger partial charge on any atom is 0.195 e. The molecular weight excluding hydrogens is 410 g/mol. The minimum atomic E-state index is 0.439. The highest BCUT2D eigenvalue weighted by Crippen LogP contribution is 2.32. The maximum atomic E-state index is 6.02. The first-order chi connectivity index (χ1) is 15.8. The zero-order valence-corrected chi connectivity index (χ0v) is 19.4. The van der Waals surface area contributed by atoms with E-state index in [9.17, 15) is 0 Å². The van der Waals surface area contributed by atoms with Gasteiger partial charge < -0.3 is 34.3 Å². The molecule has 0 unspecified atom stereocenters. The van der Waals surface area contributed by atoms with Crippen LogP contribution in [0.3, 0.4) is 0 Å². The summed E-state index contributed by atoms with van der Waals surface area (Å²) in [6, 6.07) is 5.87. The molecule has 3 rings (SSSR count). The monoisotopic (exact) mass is 449 g/mol. The Morgan fingerprint density at radius 2 is 1.84 bits per heavy atom. The van der Waals surface area contributed by atoms with Crippen molar-refractivity contribution in [3.63, 3.8) is 0 Å². The fourth-order valence-corrected chi connectivity index (χ4v) is 3.74. The van der Waals surface area contributed by atoms with Gasteiger partial charge in [0, 0.05) is 45.0 Å². The van der Waals surface area contributed by atoms with Crippen LogP contribution in [0.2, 0.25) is 0 Å². The maximum absolute atomic E-state index is 6.02. The lowest BCUT2D eigenvalue weighted by Crippen LogP contribution is -2.34. The van der Waals surface area contributed by atoms with Gasteiger partial charge in [0.05, 0.1) is 39.1 Å². The van der Waals surface area contributed by atoms with Crippen LogP contribution in [-0.4, -0.2) is 71.9 Å². The van der Waals surface area contributed by atoms with E-state index in [1.807, 2.05) is 18.2 Å². The van der Waals surface area contributed by atoms with Crippen LogP contribution < -0.4 is 20.1 Å². The second kappa shape index (κ2) is 14.9. The van der Waals surface area contributed by atoms with E-state index in [4.69, 9.17) is 28.7 Å². The van der Waals surface area contributed by atoms with Crippen LogP contribution in [0.15, 0.2) is 23.2 Å². The first-order valence-electron chi connectivity index (χ1n) is 12.0. The van der Waals surface area contributed by atoms with Crippen LogP contribution in [0.4, 0.5) is 5.69 Å². The largest absolute Gasteiger partial charge is 0.490 e. The highest BCUT2D eigenvalue weighted by molar-refractivity contribution is 5.93. The van der Waals surface area contributed by atoms with Crippen LogP contribution in [-0.2, 0) is 14.2 Å². The minimum absolute atomic E-state index is 0.439. The van der Waals surface area contributed by atoms with Crippen LogP contribution in [0.25, 0.3) is 0 Å². The van der Waals surface area contributed by atoms with Gasteiger partial charge in [-0.2, -0.15) is 0 Å². The summed E-state index contributed by atoms with van der Waals surface area (Å²) in [5.74, 6) is 2.26. The number of aliphatic imine (C=N–C) groups is 1. The Hall–Kier alpha value is -2.03. The Kier molecular flexibility index (Phi) is 11.5. The van der Waals surface area contributed by atoms with Crippen molar-refractivity contribution in [1.29, 1.82) is 0 Å². The zero-order chi connectivity index (χ0) is 22.3. The van der Waals surface area contributed by atoms with Crippen LogP contribution in [0.1, 0.15) is 44.9 Å². The lowest BCUT2D eigenvalue weighted by molar-refractivity contribution is 0.0281. The van der Waals surface area contributed by atoms with Gasteiger partial charge in [-0.05, 0) is 31.4 Å². The predicted octanol–water partition coefficient (Wildman–Crippen LogP) is 3.61. The summed E-state index contributed by atoms with van der Waals surface area (Å²) in [6.07, 6.45) is 8.56. The topological polar surface area (TPSA) is 82.6 Å². The smallest absolute Gasteiger partial charge is 0.195 e. The van der Waals surface area contributed by atoms with Gasteiger partial charge in [0.15, 0.2) is 17.5 Å². The van der Waals surface area contributed by atoms with Gasteiger partial charge >= 0.3 is 0 Å². The lowest BCUT2D eigenvalue weighted by Gasteiger charge is -2.21. The third kappa shape index (κ3) is 9.22. The van der Waals surface area contributed by atoms with Gasteiger partial charge in [-0.3, -0.25) is 4.99 Å². The van der Waals surface area contributed by atoms with Crippen molar-refractivity contribution in [2.75, 3.05) is 65.2 Å². The van der Waals surface area contributed by atoms with E-state index in [0.29, 0.717) is 58.2 Å². The average molecular weight is 450 g/mol. The van der Waals surface area contributed by atoms with E-state index in [0.717, 1.165) is 36.6 Å². The van der Waals surface area contributed by atoms with Gasteiger partial charge in [-0.25, -0.2) is 0 Å². The Morgan fingerprint density at radius 3 is 2.69 bits per heavy atom. The van der Waals surface area contributed by atoms with Crippen molar-refractivity contribution in [2.45, 2.75) is 51.0 Å². The highest BCUT2D eigenvalue weighted by Gasteiger charge is 2.13. The van der Waals surface area contributed by atoms with Crippen LogP contribution in [0, 0.1) is 0 Å². The summed E-state index contributed by atoms with van der Waals surface area (Å²) >= 11 is 0. The number of guanidine groups is 1. The number of nitrogens with zero attached hydrogens (tertiary/aromatic N) is 1.